The van der Waals surface area contributed by atoms with Crippen molar-refractivity contribution in [2.75, 3.05) is 7.11 Å². The Bertz CT molecular complexity index is 790. The van der Waals surface area contributed by atoms with Crippen LogP contribution in [0.25, 0.3) is 16.9 Å². The molecule has 0 atom stereocenters. The fourth-order valence-corrected chi connectivity index (χ4v) is 2.89. The van der Waals surface area contributed by atoms with Gasteiger partial charge >= 0.3 is 0 Å². The van der Waals surface area contributed by atoms with Gasteiger partial charge in [0.25, 0.3) is 0 Å². The second-order valence-corrected chi connectivity index (χ2v) is 5.13. The van der Waals surface area contributed by atoms with Crippen LogP contribution in [0.5, 0.6) is 5.75 Å². The highest BCUT2D eigenvalue weighted by Crippen LogP contribution is 2.32. The van der Waals surface area contributed by atoms with Crippen molar-refractivity contribution in [2.24, 2.45) is 0 Å². The lowest BCUT2D eigenvalue weighted by molar-refractivity contribution is 0.414. The lowest BCUT2D eigenvalue weighted by atomic mass is 9.94. The molecule has 0 amide bonds. The molecule has 0 saturated carbocycles. The molecule has 4 nitrogen and oxygen atoms in total. The van der Waals surface area contributed by atoms with Crippen LogP contribution in [0.3, 0.4) is 0 Å². The summed E-state index contributed by atoms with van der Waals surface area (Å²) in [5.41, 5.74) is 5.80. The monoisotopic (exact) mass is 277 g/mol. The standard InChI is InChI=1S/C17H15N3O/c1-21-14-7-5-13(6-8-14)20-16-9-4-12-3-2-10-18-17(12)15(16)11-19-20/h2-3,5-8,10-11H,4,9H2,1H3. The molecule has 0 N–H and O–H groups in total. The van der Waals surface area contributed by atoms with Crippen LogP contribution in [0.2, 0.25) is 0 Å². The third-order valence-electron chi connectivity index (χ3n) is 3.96. The van der Waals surface area contributed by atoms with Gasteiger partial charge in [-0.15, -0.1) is 0 Å². The van der Waals surface area contributed by atoms with E-state index >= 15 is 0 Å². The predicted molar refractivity (Wildman–Crippen MR) is 80.8 cm³/mol. The molecule has 1 aromatic carbocycles. The molecule has 104 valence electrons. The van der Waals surface area contributed by atoms with Crippen molar-refractivity contribution in [3.8, 4) is 22.7 Å². The highest BCUT2D eigenvalue weighted by molar-refractivity contribution is 5.68. The summed E-state index contributed by atoms with van der Waals surface area (Å²) in [4.78, 5) is 4.52. The van der Waals surface area contributed by atoms with E-state index in [1.54, 1.807) is 7.11 Å². The van der Waals surface area contributed by atoms with E-state index in [2.05, 4.69) is 16.1 Å². The summed E-state index contributed by atoms with van der Waals surface area (Å²) in [5, 5.41) is 4.56. The Kier molecular flexibility index (Phi) is 2.74. The number of aryl methyl sites for hydroxylation is 1. The van der Waals surface area contributed by atoms with Crippen LogP contribution in [0, 0.1) is 0 Å². The molecule has 0 aliphatic heterocycles. The fourth-order valence-electron chi connectivity index (χ4n) is 2.89. The number of ether oxygens (including phenoxy) is 1. The van der Waals surface area contributed by atoms with Crippen LogP contribution in [-0.2, 0) is 12.8 Å². The zero-order chi connectivity index (χ0) is 14.2. The summed E-state index contributed by atoms with van der Waals surface area (Å²) >= 11 is 0. The molecule has 2 aromatic heterocycles. The van der Waals surface area contributed by atoms with Crippen molar-refractivity contribution in [3.63, 3.8) is 0 Å². The first kappa shape index (κ1) is 12.1. The van der Waals surface area contributed by atoms with Crippen LogP contribution >= 0.6 is 0 Å². The van der Waals surface area contributed by atoms with E-state index in [9.17, 15) is 0 Å². The van der Waals surface area contributed by atoms with Gasteiger partial charge in [-0.25, -0.2) is 4.68 Å². The first-order valence-corrected chi connectivity index (χ1v) is 7.02. The van der Waals surface area contributed by atoms with Gasteiger partial charge in [0.1, 0.15) is 5.75 Å². The number of hydrogen-bond acceptors (Lipinski definition) is 3. The number of fused-ring (bicyclic) bond motifs is 3. The number of pyridine rings is 1. The normalized spacial score (nSPS) is 12.6. The molecule has 0 saturated heterocycles. The zero-order valence-corrected chi connectivity index (χ0v) is 11.8. The van der Waals surface area contributed by atoms with Gasteiger partial charge in [0, 0.05) is 11.8 Å². The number of benzene rings is 1. The number of aromatic nitrogens is 3. The molecule has 0 spiro atoms. The van der Waals surface area contributed by atoms with E-state index in [-0.39, 0.29) is 0 Å². The number of rotatable bonds is 2. The quantitative estimate of drug-likeness (QED) is 0.723. The van der Waals surface area contributed by atoms with Crippen LogP contribution in [0.15, 0.2) is 48.8 Å². The first-order chi connectivity index (χ1) is 10.4. The van der Waals surface area contributed by atoms with Gasteiger partial charge in [-0.3, -0.25) is 4.98 Å². The molecule has 1 aliphatic carbocycles. The topological polar surface area (TPSA) is 39.9 Å². The summed E-state index contributed by atoms with van der Waals surface area (Å²) in [6.45, 7) is 0. The van der Waals surface area contributed by atoms with Crippen LogP contribution in [0.4, 0.5) is 0 Å². The minimum atomic E-state index is 0.854. The summed E-state index contributed by atoms with van der Waals surface area (Å²) in [5.74, 6) is 0.854. The Hall–Kier alpha value is -2.62. The van der Waals surface area contributed by atoms with Crippen LogP contribution < -0.4 is 4.74 Å². The lowest BCUT2D eigenvalue weighted by Gasteiger charge is -2.16. The Labute approximate surface area is 123 Å². The van der Waals surface area contributed by atoms with Gasteiger partial charge in [0.15, 0.2) is 0 Å². The summed E-state index contributed by atoms with van der Waals surface area (Å²) in [6, 6.07) is 12.1. The van der Waals surface area contributed by atoms with Gasteiger partial charge in [-0.2, -0.15) is 5.10 Å². The minimum Gasteiger partial charge on any atom is -0.497 e. The van der Waals surface area contributed by atoms with Crippen LogP contribution in [0.1, 0.15) is 11.3 Å². The van der Waals surface area contributed by atoms with Crippen LogP contribution in [-0.4, -0.2) is 21.9 Å². The molecule has 0 radical (unpaired) electrons. The van der Waals surface area contributed by atoms with Gasteiger partial charge < -0.3 is 4.74 Å². The van der Waals surface area contributed by atoms with Crippen molar-refractivity contribution in [1.29, 1.82) is 0 Å². The molecule has 21 heavy (non-hydrogen) atoms. The highest BCUT2D eigenvalue weighted by Gasteiger charge is 2.21. The van der Waals surface area contributed by atoms with Gasteiger partial charge in [0.2, 0.25) is 0 Å². The Morgan fingerprint density at radius 1 is 1.10 bits per heavy atom. The Balaban J connectivity index is 1.82. The van der Waals surface area contributed by atoms with Gasteiger partial charge in [0.05, 0.1) is 30.4 Å². The predicted octanol–water partition coefficient (Wildman–Crippen LogP) is 3.04. The van der Waals surface area contributed by atoms with Crippen molar-refractivity contribution in [1.82, 2.24) is 14.8 Å². The SMILES string of the molecule is COc1ccc(-n2ncc3c2CCc2cccnc2-3)cc1. The average molecular weight is 277 g/mol. The highest BCUT2D eigenvalue weighted by atomic mass is 16.5. The largest absolute Gasteiger partial charge is 0.497 e. The molecular formula is C17H15N3O. The third-order valence-corrected chi connectivity index (χ3v) is 3.96. The molecular weight excluding hydrogens is 262 g/mol. The van der Waals surface area contributed by atoms with E-state index in [4.69, 9.17) is 4.74 Å². The number of nitrogens with zero attached hydrogens (tertiary/aromatic N) is 3. The smallest absolute Gasteiger partial charge is 0.119 e. The zero-order valence-electron chi connectivity index (χ0n) is 11.8. The maximum Gasteiger partial charge on any atom is 0.119 e. The molecule has 1 aliphatic rings. The summed E-state index contributed by atoms with van der Waals surface area (Å²) in [7, 11) is 1.67. The summed E-state index contributed by atoms with van der Waals surface area (Å²) < 4.78 is 7.21. The lowest BCUT2D eigenvalue weighted by Crippen LogP contribution is -2.09. The second-order valence-electron chi connectivity index (χ2n) is 5.13. The maximum absolute atomic E-state index is 5.21. The number of methoxy groups -OCH3 is 1. The minimum absolute atomic E-state index is 0.854. The first-order valence-electron chi connectivity index (χ1n) is 7.02. The average Bonchev–Trinajstić information content (AvgIpc) is 2.99. The summed E-state index contributed by atoms with van der Waals surface area (Å²) in [6.07, 6.45) is 5.77. The fraction of sp³-hybridized carbons (Fsp3) is 0.176. The molecule has 0 unspecified atom stereocenters. The van der Waals surface area contributed by atoms with Crippen molar-refractivity contribution >= 4 is 0 Å². The van der Waals surface area contributed by atoms with Crippen molar-refractivity contribution in [3.05, 3.63) is 60.0 Å². The number of hydrogen-bond donors (Lipinski definition) is 0. The molecule has 3 aromatic rings. The van der Waals surface area contributed by atoms with E-state index in [0.717, 1.165) is 35.5 Å². The second kappa shape index (κ2) is 4.74. The van der Waals surface area contributed by atoms with Crippen molar-refractivity contribution in [2.45, 2.75) is 12.8 Å². The molecule has 0 bridgehead atoms. The van der Waals surface area contributed by atoms with E-state index in [0.29, 0.717) is 0 Å². The van der Waals surface area contributed by atoms with E-state index < -0.39 is 0 Å². The van der Waals surface area contributed by atoms with E-state index in [1.165, 1.54) is 11.3 Å². The Morgan fingerprint density at radius 2 is 1.95 bits per heavy atom. The molecule has 4 heteroatoms. The van der Waals surface area contributed by atoms with E-state index in [1.807, 2.05) is 47.4 Å². The third kappa shape index (κ3) is 1.91. The van der Waals surface area contributed by atoms with Crippen molar-refractivity contribution < 1.29 is 4.74 Å². The molecule has 0 fully saturated rings. The molecule has 2 heterocycles. The molecule has 4 rings (SSSR count). The maximum atomic E-state index is 5.21. The Morgan fingerprint density at radius 3 is 2.76 bits per heavy atom. The van der Waals surface area contributed by atoms with Gasteiger partial charge in [-0.05, 0) is 48.7 Å². The van der Waals surface area contributed by atoms with Gasteiger partial charge in [-0.1, -0.05) is 6.07 Å².